The summed E-state index contributed by atoms with van der Waals surface area (Å²) in [6.45, 7) is 9.40. The van der Waals surface area contributed by atoms with E-state index in [-0.39, 0.29) is 10.8 Å². The fraction of sp³-hybridized carbons (Fsp3) is 0.0606. The van der Waals surface area contributed by atoms with Gasteiger partial charge in [0, 0.05) is 69.0 Å². The van der Waals surface area contributed by atoms with Gasteiger partial charge in [0.05, 0.1) is 11.4 Å². The molecule has 4 aromatic heterocycles. The maximum absolute atomic E-state index is 5.08. The van der Waals surface area contributed by atoms with Crippen molar-refractivity contribution in [1.29, 1.82) is 0 Å². The fourth-order valence-electron chi connectivity index (χ4n) is 15.7. The van der Waals surface area contributed by atoms with Gasteiger partial charge in [-0.25, -0.2) is 24.9 Å². The molecule has 502 valence electrons. The van der Waals surface area contributed by atoms with E-state index >= 15 is 0 Å². The fourth-order valence-corrected chi connectivity index (χ4v) is 15.7. The van der Waals surface area contributed by atoms with Gasteiger partial charge in [-0.2, -0.15) is 0 Å². The molecule has 0 bridgehead atoms. The molecule has 0 saturated carbocycles. The number of hydrogen-bond donors (Lipinski definition) is 0. The molecule has 106 heavy (non-hydrogen) atoms. The van der Waals surface area contributed by atoms with Crippen molar-refractivity contribution in [3.63, 3.8) is 0 Å². The molecular weight excluding hydrogens is 1290 g/mol. The van der Waals surface area contributed by atoms with Crippen LogP contribution < -0.4 is 0 Å². The Hall–Kier alpha value is -13.5. The number of rotatable bonds is 12. The van der Waals surface area contributed by atoms with Crippen molar-refractivity contribution in [2.75, 3.05) is 0 Å². The molecule has 0 spiro atoms. The first-order valence-corrected chi connectivity index (χ1v) is 36.1. The van der Waals surface area contributed by atoms with E-state index in [9.17, 15) is 0 Å². The van der Waals surface area contributed by atoms with Crippen LogP contribution in [0.15, 0.2) is 358 Å². The summed E-state index contributed by atoms with van der Waals surface area (Å²) in [7, 11) is 0. The first kappa shape index (κ1) is 64.6. The second-order valence-electron chi connectivity index (χ2n) is 28.4. The van der Waals surface area contributed by atoms with Gasteiger partial charge in [-0.05, 0) is 158 Å². The molecular formula is C99H71N7. The average Bonchev–Trinajstić information content (AvgIpc) is 1.56. The molecule has 7 heteroatoms. The molecule has 0 radical (unpaired) electrons. The number of nitrogens with zero attached hydrogens (tertiary/aromatic N) is 7. The van der Waals surface area contributed by atoms with Crippen LogP contribution in [-0.4, -0.2) is 34.9 Å². The van der Waals surface area contributed by atoms with E-state index in [2.05, 4.69) is 311 Å². The van der Waals surface area contributed by atoms with Crippen molar-refractivity contribution < 1.29 is 0 Å². The normalized spacial score (nSPS) is 12.7. The molecule has 0 fully saturated rings. The summed E-state index contributed by atoms with van der Waals surface area (Å²) in [6, 6.07) is 118. The van der Waals surface area contributed by atoms with E-state index in [4.69, 9.17) is 24.9 Å². The SMILES string of the molecule is CC1(C)c2cccc(-c3cccc(-c4ccc(-c5cc(-c6ccc(-c7cccnc7)cc6)nc(-c6ccccc6)n5)cc4)c3)c2-c2ccc3ccccc3c21.CC1(C)c2ccccc2-c2ccc(-c3cccc(-c4ccc(-c5nc(-c6ccccc6)nc(-c6ccc(-c7cccnc7)cc6)n5)cc4)c3)cc21. The zero-order valence-corrected chi connectivity index (χ0v) is 59.2. The third-order valence-electron chi connectivity index (χ3n) is 21.2. The predicted molar refractivity (Wildman–Crippen MR) is 435 cm³/mol. The third kappa shape index (κ3) is 12.1. The highest BCUT2D eigenvalue weighted by molar-refractivity contribution is 6.02. The molecule has 19 rings (SSSR count). The number of hydrogen-bond acceptors (Lipinski definition) is 7. The summed E-state index contributed by atoms with van der Waals surface area (Å²) in [5.41, 5.74) is 32.4. The zero-order chi connectivity index (χ0) is 71.3. The Balaban J connectivity index is 0.000000151. The minimum atomic E-state index is -0.0977. The Kier molecular flexibility index (Phi) is 16.5. The number of aromatic nitrogens is 7. The molecule has 4 heterocycles. The van der Waals surface area contributed by atoms with Crippen molar-refractivity contribution in [1.82, 2.24) is 34.9 Å². The number of benzene rings is 13. The summed E-state index contributed by atoms with van der Waals surface area (Å²) in [5, 5.41) is 2.63. The van der Waals surface area contributed by atoms with E-state index in [0.717, 1.165) is 83.7 Å². The van der Waals surface area contributed by atoms with Gasteiger partial charge in [0.2, 0.25) is 0 Å². The summed E-state index contributed by atoms with van der Waals surface area (Å²) >= 11 is 0. The Labute approximate surface area is 618 Å². The molecule has 0 unspecified atom stereocenters. The van der Waals surface area contributed by atoms with Gasteiger partial charge in [-0.3, -0.25) is 9.97 Å². The van der Waals surface area contributed by atoms with E-state index < -0.39 is 0 Å². The van der Waals surface area contributed by atoms with Gasteiger partial charge >= 0.3 is 0 Å². The van der Waals surface area contributed by atoms with E-state index in [1.165, 1.54) is 83.1 Å². The molecule has 0 N–H and O–H groups in total. The van der Waals surface area contributed by atoms with Crippen LogP contribution >= 0.6 is 0 Å². The monoisotopic (exact) mass is 1360 g/mol. The van der Waals surface area contributed by atoms with Crippen LogP contribution in [0.3, 0.4) is 0 Å². The number of pyridine rings is 2. The highest BCUT2D eigenvalue weighted by Gasteiger charge is 2.39. The lowest BCUT2D eigenvalue weighted by molar-refractivity contribution is 0.660. The second-order valence-corrected chi connectivity index (χ2v) is 28.4. The average molecular weight is 1360 g/mol. The first-order valence-electron chi connectivity index (χ1n) is 36.1. The van der Waals surface area contributed by atoms with Gasteiger partial charge in [-0.1, -0.05) is 325 Å². The second kappa shape index (κ2) is 27.0. The summed E-state index contributed by atoms with van der Waals surface area (Å²) in [4.78, 5) is 33.5. The van der Waals surface area contributed by atoms with Crippen molar-refractivity contribution in [2.45, 2.75) is 38.5 Å². The molecule has 2 aliphatic carbocycles. The lowest BCUT2D eigenvalue weighted by atomic mass is 9.80. The Morgan fingerprint density at radius 1 is 0.217 bits per heavy atom. The maximum Gasteiger partial charge on any atom is 0.164 e. The molecule has 7 nitrogen and oxygen atoms in total. The molecule has 0 atom stereocenters. The van der Waals surface area contributed by atoms with Crippen LogP contribution in [0.5, 0.6) is 0 Å². The minimum absolute atomic E-state index is 0.0338. The maximum atomic E-state index is 5.08. The topological polar surface area (TPSA) is 90.2 Å². The third-order valence-corrected chi connectivity index (χ3v) is 21.2. The van der Waals surface area contributed by atoms with Gasteiger partial charge in [0.1, 0.15) is 0 Å². The zero-order valence-electron chi connectivity index (χ0n) is 59.2. The Morgan fingerprint density at radius 2 is 0.594 bits per heavy atom. The number of fused-ring (bicyclic) bond motifs is 8. The molecule has 0 aliphatic heterocycles. The largest absolute Gasteiger partial charge is 0.264 e. The van der Waals surface area contributed by atoms with Crippen molar-refractivity contribution >= 4 is 10.8 Å². The lowest BCUT2D eigenvalue weighted by Crippen LogP contribution is -2.15. The Morgan fingerprint density at radius 3 is 1.15 bits per heavy atom. The molecule has 0 saturated heterocycles. The van der Waals surface area contributed by atoms with Gasteiger partial charge < -0.3 is 0 Å². The van der Waals surface area contributed by atoms with Crippen molar-refractivity contribution in [3.05, 3.63) is 381 Å². The Bertz CT molecular complexity index is 6140. The first-order chi connectivity index (χ1) is 52.0. The van der Waals surface area contributed by atoms with Crippen LogP contribution in [-0.2, 0) is 10.8 Å². The minimum Gasteiger partial charge on any atom is -0.264 e. The van der Waals surface area contributed by atoms with Crippen molar-refractivity contribution in [2.24, 2.45) is 0 Å². The van der Waals surface area contributed by atoms with Crippen LogP contribution in [0.25, 0.3) is 168 Å². The standard InChI is InChI=1S/C52H37N3.C47H34N4/c1-52(2)46-19-9-18-43(49(46)45-29-28-36-11-6-7-17-44(36)50(45)52)41-15-8-14-40(31-41)34-20-24-37(25-21-34)47-32-48(55-51(54-47)39-12-4-3-5-13-39)38-26-22-35(23-27-38)42-16-10-30-53-33-42;1-47(2)42-16-7-6-15-40(42)41-26-25-38(29-43(41)47)37-13-8-12-36(28-37)31-17-21-34(22-18-31)45-49-44(33-10-4-3-5-11-33)50-46(51-45)35-23-19-32(20-24-35)39-14-9-27-48-30-39/h3-33H,1-2H3;3-30H,1-2H3. The van der Waals surface area contributed by atoms with Gasteiger partial charge in [0.15, 0.2) is 23.3 Å². The summed E-state index contributed by atoms with van der Waals surface area (Å²) in [6.07, 6.45) is 7.34. The van der Waals surface area contributed by atoms with Crippen LogP contribution in [0.4, 0.5) is 0 Å². The van der Waals surface area contributed by atoms with E-state index in [0.29, 0.717) is 23.3 Å². The quantitative estimate of drug-likeness (QED) is 0.120. The highest BCUT2D eigenvalue weighted by atomic mass is 15.0. The van der Waals surface area contributed by atoms with E-state index in [1.807, 2.05) is 73.1 Å². The van der Waals surface area contributed by atoms with Crippen LogP contribution in [0.2, 0.25) is 0 Å². The van der Waals surface area contributed by atoms with Gasteiger partial charge in [0.25, 0.3) is 0 Å². The van der Waals surface area contributed by atoms with Crippen LogP contribution in [0.1, 0.15) is 49.9 Å². The van der Waals surface area contributed by atoms with Crippen LogP contribution in [0, 0.1) is 0 Å². The lowest BCUT2D eigenvalue weighted by Gasteiger charge is -2.23. The highest BCUT2D eigenvalue weighted by Crippen LogP contribution is 2.55. The molecule has 17 aromatic rings. The van der Waals surface area contributed by atoms with Gasteiger partial charge in [-0.15, -0.1) is 0 Å². The summed E-state index contributed by atoms with van der Waals surface area (Å²) < 4.78 is 0. The predicted octanol–water partition coefficient (Wildman–Crippen LogP) is 24.9. The van der Waals surface area contributed by atoms with Crippen molar-refractivity contribution in [3.8, 4) is 157 Å². The molecule has 2 aliphatic rings. The van der Waals surface area contributed by atoms with E-state index in [1.54, 1.807) is 12.4 Å². The molecule has 13 aromatic carbocycles. The molecule has 0 amide bonds. The summed E-state index contributed by atoms with van der Waals surface area (Å²) in [5.74, 6) is 2.62. The smallest absolute Gasteiger partial charge is 0.164 e.